The Kier molecular flexibility index (Phi) is 18.9. The van der Waals surface area contributed by atoms with Gasteiger partial charge >= 0.3 is 0 Å². The van der Waals surface area contributed by atoms with E-state index in [2.05, 4.69) is 54.4 Å². The molecule has 0 fully saturated rings. The minimum atomic E-state index is -0.607. The highest BCUT2D eigenvalue weighted by Gasteiger charge is 2.21. The monoisotopic (exact) mass is 1380 g/mol. The van der Waals surface area contributed by atoms with Gasteiger partial charge in [-0.1, -0.05) is 84.4 Å². The first kappa shape index (κ1) is 67.0. The van der Waals surface area contributed by atoms with Crippen molar-refractivity contribution in [3.05, 3.63) is 327 Å². The molecule has 23 nitrogen and oxygen atoms in total. The number of non-ortho nitro benzene ring substituents is 1. The van der Waals surface area contributed by atoms with Crippen LogP contribution < -0.4 is 21.3 Å². The average Bonchev–Trinajstić information content (AvgIpc) is 1.49. The van der Waals surface area contributed by atoms with Gasteiger partial charge in [0.25, 0.3) is 29.3 Å². The molecule has 0 radical (unpaired) electrons. The lowest BCUT2D eigenvalue weighted by Gasteiger charge is -2.11. The van der Waals surface area contributed by atoms with Crippen LogP contribution in [0.3, 0.4) is 0 Å². The Balaban J connectivity index is 0.000000117. The molecule has 17 aromatic rings. The summed E-state index contributed by atoms with van der Waals surface area (Å²) in [5, 5.41) is 42.6. The van der Waals surface area contributed by atoms with Gasteiger partial charge in [0.05, 0.1) is 148 Å². The summed E-state index contributed by atoms with van der Waals surface area (Å²) in [7, 11) is 0. The number of carbonyl (C=O) groups is 4. The topological polar surface area (TPSA) is 295 Å². The van der Waals surface area contributed by atoms with Gasteiger partial charge in [-0.2, -0.15) is 0 Å². The Bertz CT molecular complexity index is 6180. The number of carbonyl (C=O) groups excluding carboxylic acids is 4. The van der Waals surface area contributed by atoms with Gasteiger partial charge in [-0.15, -0.1) is 0 Å². The summed E-state index contributed by atoms with van der Waals surface area (Å²) in [5.74, 6) is -1.58. The normalized spacial score (nSPS) is 11.1. The van der Waals surface area contributed by atoms with Gasteiger partial charge < -0.3 is 49.1 Å². The second kappa shape index (κ2) is 29.3. The van der Waals surface area contributed by atoms with E-state index in [0.717, 1.165) is 106 Å². The molecule has 9 aromatic heterocycles. The van der Waals surface area contributed by atoms with Crippen LogP contribution in [0, 0.1) is 30.9 Å². The highest BCUT2D eigenvalue weighted by Crippen LogP contribution is 2.29. The molecular formula is C81H65N15O8. The van der Waals surface area contributed by atoms with Crippen molar-refractivity contribution in [3.63, 3.8) is 0 Å². The molecule has 23 heteroatoms. The number of nitrogens with one attached hydrogen (secondary N) is 4. The SMILES string of the molecule is Cc1cc([N+](=O)[O-])cc(C(=O)NCc2nc3ccccc3n3cccc23)c1O.Cc1ccc(C(=O)NCc2nc3ccccc3n3cccc23)c(O)c1.Cc1ccc(C(=O)NCc2nc3ccccc3n3cccc23)cc1.O=C(NCc1nc2ccccc2n2cccc12)c1cnc2ccccc2n1. The van der Waals surface area contributed by atoms with Crippen LogP contribution in [0.1, 0.15) is 81.0 Å². The quantitative estimate of drug-likeness (QED) is 0.0462. The van der Waals surface area contributed by atoms with Crippen molar-refractivity contribution in [2.45, 2.75) is 47.0 Å². The Morgan fingerprint density at radius 1 is 0.385 bits per heavy atom. The lowest BCUT2D eigenvalue weighted by molar-refractivity contribution is -0.385. The standard InChI is InChI=1S/C21H15N5O.C20H16N4O4.C20H17N3O2.C20H17N3O/c27-21(18-13-22-14-6-1-2-7-15(14)24-18)23-12-17-20-10-5-11-26(20)19-9-4-3-8-16(19)25-17;1-12-9-13(24(27)28)10-14(19(12)25)20(26)21-11-16-18-7-4-8-23(18)17-6-3-2-5-15(17)22-16;1-13-8-9-14(19(24)11-13)20(25)21-12-16-18-7-4-10-23(18)17-6-3-2-5-15(17)22-16;1-14-8-10-15(11-9-14)20(24)21-13-17-19-7-4-12-23(19)18-6-3-2-5-16(18)22-17/h1-11,13H,12H2,(H,23,27);2-10,25H,11H2,1H3,(H,21,26);2-11,24H,12H2,1H3,(H,21,25);2-12H,13H2,1H3,(H,21,24). The van der Waals surface area contributed by atoms with Gasteiger partial charge in [0, 0.05) is 42.5 Å². The number of fused-ring (bicyclic) bond motifs is 13. The van der Waals surface area contributed by atoms with Crippen molar-refractivity contribution < 1.29 is 34.3 Å². The molecule has 0 aliphatic carbocycles. The maximum Gasteiger partial charge on any atom is 0.271 e. The van der Waals surface area contributed by atoms with E-state index in [0.29, 0.717) is 35.6 Å². The lowest BCUT2D eigenvalue weighted by atomic mass is 10.1. The van der Waals surface area contributed by atoms with E-state index >= 15 is 0 Å². The molecule has 0 unspecified atom stereocenters. The number of phenols is 2. The molecule has 0 aliphatic rings. The third-order valence-electron chi connectivity index (χ3n) is 17.6. The molecule has 4 amide bonds. The molecule has 17 rings (SSSR count). The van der Waals surface area contributed by atoms with Crippen molar-refractivity contribution in [2.75, 3.05) is 0 Å². The predicted octanol–water partition coefficient (Wildman–Crippen LogP) is 13.9. The zero-order valence-corrected chi connectivity index (χ0v) is 56.3. The number of amides is 4. The smallest absolute Gasteiger partial charge is 0.271 e. The highest BCUT2D eigenvalue weighted by molar-refractivity contribution is 5.99. The van der Waals surface area contributed by atoms with Crippen LogP contribution in [0.2, 0.25) is 0 Å². The van der Waals surface area contributed by atoms with Crippen molar-refractivity contribution in [2.24, 2.45) is 0 Å². The summed E-state index contributed by atoms with van der Waals surface area (Å²) in [6, 6.07) is 69.5. The van der Waals surface area contributed by atoms with E-state index in [9.17, 15) is 39.5 Å². The van der Waals surface area contributed by atoms with E-state index in [1.807, 2.05) is 237 Å². The molecule has 512 valence electrons. The summed E-state index contributed by atoms with van der Waals surface area (Å²) in [5.41, 5.74) is 19.0. The van der Waals surface area contributed by atoms with Crippen LogP contribution in [-0.2, 0) is 26.2 Å². The van der Waals surface area contributed by atoms with E-state index < -0.39 is 10.8 Å². The van der Waals surface area contributed by atoms with Gasteiger partial charge in [-0.05, 0) is 165 Å². The first-order valence-corrected chi connectivity index (χ1v) is 33.2. The maximum absolute atomic E-state index is 12.6. The molecule has 0 spiro atoms. The molecular weight excluding hydrogens is 1310 g/mol. The van der Waals surface area contributed by atoms with Crippen LogP contribution in [0.5, 0.6) is 11.5 Å². The zero-order chi connectivity index (χ0) is 72.0. The molecule has 0 bridgehead atoms. The van der Waals surface area contributed by atoms with Crippen molar-refractivity contribution in [1.82, 2.24) is 68.8 Å². The summed E-state index contributed by atoms with van der Waals surface area (Å²) >= 11 is 0. The minimum absolute atomic E-state index is 0.0168. The summed E-state index contributed by atoms with van der Waals surface area (Å²) < 4.78 is 8.24. The summed E-state index contributed by atoms with van der Waals surface area (Å²) in [4.78, 5) is 87.7. The van der Waals surface area contributed by atoms with Crippen LogP contribution in [0.4, 0.5) is 5.69 Å². The molecule has 104 heavy (non-hydrogen) atoms. The van der Waals surface area contributed by atoms with Crippen LogP contribution in [0.15, 0.2) is 255 Å². The molecule has 0 aliphatic heterocycles. The second-order valence-corrected chi connectivity index (χ2v) is 24.5. The van der Waals surface area contributed by atoms with Gasteiger partial charge in [0.15, 0.2) is 0 Å². The molecule has 6 N–H and O–H groups in total. The Morgan fingerprint density at radius 2 is 0.750 bits per heavy atom. The third-order valence-corrected chi connectivity index (χ3v) is 17.6. The fourth-order valence-electron chi connectivity index (χ4n) is 12.4. The predicted molar refractivity (Wildman–Crippen MR) is 399 cm³/mol. The first-order chi connectivity index (χ1) is 50.6. The van der Waals surface area contributed by atoms with Gasteiger partial charge in [0.2, 0.25) is 0 Å². The number of benzene rings is 8. The summed E-state index contributed by atoms with van der Waals surface area (Å²) in [6.45, 7) is 6.47. The number of para-hydroxylation sites is 10. The van der Waals surface area contributed by atoms with E-state index in [1.54, 1.807) is 18.2 Å². The van der Waals surface area contributed by atoms with Gasteiger partial charge in [-0.3, -0.25) is 34.3 Å². The number of nitro benzene ring substituents is 1. The number of rotatable bonds is 13. The van der Waals surface area contributed by atoms with Crippen molar-refractivity contribution in [3.8, 4) is 11.5 Å². The number of phenolic OH excluding ortho intramolecular Hbond substituents is 2. The number of aromatic nitrogens is 10. The Hall–Kier alpha value is -14.2. The number of nitro groups is 1. The minimum Gasteiger partial charge on any atom is -0.507 e. The first-order valence-electron chi connectivity index (χ1n) is 33.2. The number of hydrogen-bond acceptors (Lipinski definition) is 14. The van der Waals surface area contributed by atoms with Crippen molar-refractivity contribution >= 4 is 107 Å². The van der Waals surface area contributed by atoms with E-state index in [4.69, 9.17) is 9.97 Å². The number of nitrogens with zero attached hydrogens (tertiary/aromatic N) is 11. The fraction of sp³-hybridized carbons (Fsp3) is 0.0864. The van der Waals surface area contributed by atoms with Crippen LogP contribution in [0.25, 0.3) is 77.2 Å². The molecule has 8 aromatic carbocycles. The Labute approximate surface area is 592 Å². The number of aromatic hydroxyl groups is 2. The molecule has 0 saturated heterocycles. The van der Waals surface area contributed by atoms with Gasteiger partial charge in [-0.25, -0.2) is 24.9 Å². The van der Waals surface area contributed by atoms with Crippen molar-refractivity contribution in [1.29, 1.82) is 0 Å². The van der Waals surface area contributed by atoms with Gasteiger partial charge in [0.1, 0.15) is 17.2 Å². The lowest BCUT2D eigenvalue weighted by Crippen LogP contribution is -2.25. The van der Waals surface area contributed by atoms with E-state index in [1.165, 1.54) is 19.2 Å². The Morgan fingerprint density at radius 3 is 1.17 bits per heavy atom. The van der Waals surface area contributed by atoms with Crippen LogP contribution in [-0.4, -0.2) is 86.3 Å². The van der Waals surface area contributed by atoms with Crippen LogP contribution >= 0.6 is 0 Å². The third kappa shape index (κ3) is 14.1. The largest absolute Gasteiger partial charge is 0.507 e. The van der Waals surface area contributed by atoms with E-state index in [-0.39, 0.29) is 64.7 Å². The number of aryl methyl sites for hydroxylation is 3. The fourth-order valence-corrected chi connectivity index (χ4v) is 12.4. The molecule has 0 atom stereocenters. The summed E-state index contributed by atoms with van der Waals surface area (Å²) in [6.07, 6.45) is 9.42. The molecule has 0 saturated carbocycles. The molecule has 9 heterocycles. The highest BCUT2D eigenvalue weighted by atomic mass is 16.6. The zero-order valence-electron chi connectivity index (χ0n) is 56.3. The second-order valence-electron chi connectivity index (χ2n) is 24.5. The maximum atomic E-state index is 12.6. The number of hydrogen-bond donors (Lipinski definition) is 6. The average molecular weight is 1380 g/mol.